The van der Waals surface area contributed by atoms with Crippen LogP contribution in [0.25, 0.3) is 0 Å². The van der Waals surface area contributed by atoms with Gasteiger partial charge in [0.1, 0.15) is 5.44 Å². The van der Waals surface area contributed by atoms with Gasteiger partial charge in [0.15, 0.2) is 0 Å². The monoisotopic (exact) mass is 152 g/mol. The molecular formula is C5H13OPS. The lowest BCUT2D eigenvalue weighted by atomic mass is 10.6. The standard InChI is InChI=1S/C5H13OPS/c1-3-4-8-5(2)6-7/h5H,3-4,7H2,1-2H3. The molecule has 3 heteroatoms. The first kappa shape index (κ1) is 8.74. The van der Waals surface area contributed by atoms with Gasteiger partial charge >= 0.3 is 0 Å². The fourth-order valence-electron chi connectivity index (χ4n) is 0.323. The molecule has 0 bridgehead atoms. The summed E-state index contributed by atoms with van der Waals surface area (Å²) in [7, 11) is 2.27. The minimum atomic E-state index is 0.333. The SMILES string of the molecule is CCCSC(C)OP. The second-order valence-corrected chi connectivity index (χ2v) is 3.25. The third-order valence-corrected chi connectivity index (χ3v) is 2.58. The highest BCUT2D eigenvalue weighted by Crippen LogP contribution is 2.14. The minimum absolute atomic E-state index is 0.333. The van der Waals surface area contributed by atoms with Crippen LogP contribution in [0.5, 0.6) is 0 Å². The Morgan fingerprint density at radius 2 is 2.38 bits per heavy atom. The maximum absolute atomic E-state index is 4.93. The van der Waals surface area contributed by atoms with Gasteiger partial charge in [0.05, 0.1) is 0 Å². The number of thioether (sulfide) groups is 1. The molecular weight excluding hydrogens is 139 g/mol. The molecule has 0 fully saturated rings. The molecule has 0 amide bonds. The van der Waals surface area contributed by atoms with Crippen LogP contribution in [0.3, 0.4) is 0 Å². The Morgan fingerprint density at radius 3 is 2.75 bits per heavy atom. The van der Waals surface area contributed by atoms with Gasteiger partial charge in [0.2, 0.25) is 0 Å². The number of hydrogen-bond acceptors (Lipinski definition) is 2. The van der Waals surface area contributed by atoms with Crippen LogP contribution >= 0.6 is 21.2 Å². The fraction of sp³-hybridized carbons (Fsp3) is 1.00. The molecule has 0 rings (SSSR count). The topological polar surface area (TPSA) is 9.23 Å². The van der Waals surface area contributed by atoms with Gasteiger partial charge in [-0.3, -0.25) is 0 Å². The first-order chi connectivity index (χ1) is 3.81. The molecule has 0 aliphatic heterocycles. The van der Waals surface area contributed by atoms with Crippen LogP contribution in [-0.4, -0.2) is 11.2 Å². The van der Waals surface area contributed by atoms with Crippen molar-refractivity contribution in [3.05, 3.63) is 0 Å². The van der Waals surface area contributed by atoms with E-state index < -0.39 is 0 Å². The predicted molar refractivity (Wildman–Crippen MR) is 43.0 cm³/mol. The molecule has 1 nitrogen and oxygen atoms in total. The summed E-state index contributed by atoms with van der Waals surface area (Å²) in [5.74, 6) is 1.19. The molecule has 0 spiro atoms. The van der Waals surface area contributed by atoms with Crippen molar-refractivity contribution >= 4 is 21.2 Å². The minimum Gasteiger partial charge on any atom is -0.352 e. The van der Waals surface area contributed by atoms with Crippen molar-refractivity contribution in [2.45, 2.75) is 25.7 Å². The quantitative estimate of drug-likeness (QED) is 0.451. The summed E-state index contributed by atoms with van der Waals surface area (Å²) >= 11 is 1.83. The van der Waals surface area contributed by atoms with Crippen molar-refractivity contribution in [3.8, 4) is 0 Å². The van der Waals surface area contributed by atoms with E-state index in [0.29, 0.717) is 5.44 Å². The predicted octanol–water partition coefficient (Wildman–Crippen LogP) is 2.28. The fourth-order valence-corrected chi connectivity index (χ4v) is 1.20. The van der Waals surface area contributed by atoms with Gasteiger partial charge in [0.25, 0.3) is 0 Å². The van der Waals surface area contributed by atoms with Crippen LogP contribution in [0, 0.1) is 0 Å². The second-order valence-electron chi connectivity index (χ2n) is 1.57. The van der Waals surface area contributed by atoms with Crippen molar-refractivity contribution < 1.29 is 4.52 Å². The van der Waals surface area contributed by atoms with E-state index in [1.165, 1.54) is 12.2 Å². The summed E-state index contributed by atoms with van der Waals surface area (Å²) in [6.07, 6.45) is 1.23. The Bertz CT molecular complexity index is 51.7. The highest BCUT2D eigenvalue weighted by Gasteiger charge is 1.95. The summed E-state index contributed by atoms with van der Waals surface area (Å²) in [5.41, 5.74) is 0.333. The molecule has 2 unspecified atom stereocenters. The normalized spacial score (nSPS) is 13.9. The average molecular weight is 152 g/mol. The van der Waals surface area contributed by atoms with E-state index in [1.54, 1.807) is 0 Å². The van der Waals surface area contributed by atoms with Crippen molar-refractivity contribution in [1.82, 2.24) is 0 Å². The summed E-state index contributed by atoms with van der Waals surface area (Å²) < 4.78 is 4.93. The lowest BCUT2D eigenvalue weighted by molar-refractivity contribution is 0.362. The van der Waals surface area contributed by atoms with Crippen LogP contribution in [0.2, 0.25) is 0 Å². The van der Waals surface area contributed by atoms with Gasteiger partial charge in [-0.05, 0) is 19.1 Å². The molecule has 2 atom stereocenters. The average Bonchev–Trinajstić information content (AvgIpc) is 1.83. The first-order valence-corrected chi connectivity index (χ1v) is 4.30. The van der Waals surface area contributed by atoms with Crippen molar-refractivity contribution in [1.29, 1.82) is 0 Å². The van der Waals surface area contributed by atoms with Crippen molar-refractivity contribution in [2.24, 2.45) is 0 Å². The zero-order chi connectivity index (χ0) is 6.41. The number of hydrogen-bond donors (Lipinski definition) is 0. The molecule has 0 aromatic carbocycles. The second kappa shape index (κ2) is 5.87. The summed E-state index contributed by atoms with van der Waals surface area (Å²) in [5, 5.41) is 0. The molecule has 0 radical (unpaired) electrons. The van der Waals surface area contributed by atoms with Gasteiger partial charge in [-0.25, -0.2) is 0 Å². The van der Waals surface area contributed by atoms with Gasteiger partial charge in [-0.2, -0.15) is 0 Å². The highest BCUT2D eigenvalue weighted by molar-refractivity contribution is 7.99. The summed E-state index contributed by atoms with van der Waals surface area (Å²) in [6.45, 7) is 4.22. The molecule has 0 saturated carbocycles. The molecule has 0 aromatic rings. The van der Waals surface area contributed by atoms with Crippen LogP contribution in [0.15, 0.2) is 0 Å². The maximum atomic E-state index is 4.93. The van der Waals surface area contributed by atoms with Gasteiger partial charge in [-0.15, -0.1) is 11.8 Å². The van der Waals surface area contributed by atoms with Gasteiger partial charge in [-0.1, -0.05) is 6.92 Å². The van der Waals surface area contributed by atoms with E-state index in [9.17, 15) is 0 Å². The van der Waals surface area contributed by atoms with Crippen LogP contribution in [-0.2, 0) is 4.52 Å². The number of rotatable bonds is 4. The Balaban J connectivity index is 2.86. The molecule has 0 N–H and O–H groups in total. The van der Waals surface area contributed by atoms with Crippen molar-refractivity contribution in [3.63, 3.8) is 0 Å². The molecule has 0 aromatic heterocycles. The smallest absolute Gasteiger partial charge is 0.103 e. The largest absolute Gasteiger partial charge is 0.352 e. The lowest BCUT2D eigenvalue weighted by Gasteiger charge is -2.05. The third kappa shape index (κ3) is 4.89. The molecule has 0 aliphatic carbocycles. The molecule has 0 saturated heterocycles. The highest BCUT2D eigenvalue weighted by atomic mass is 32.2. The zero-order valence-corrected chi connectivity index (χ0v) is 7.36. The van der Waals surface area contributed by atoms with E-state index in [-0.39, 0.29) is 0 Å². The Kier molecular flexibility index (Phi) is 6.41. The molecule has 8 heavy (non-hydrogen) atoms. The van der Waals surface area contributed by atoms with E-state index in [2.05, 4.69) is 16.4 Å². The van der Waals surface area contributed by atoms with Gasteiger partial charge < -0.3 is 4.52 Å². The van der Waals surface area contributed by atoms with E-state index in [0.717, 1.165) is 0 Å². The lowest BCUT2D eigenvalue weighted by Crippen LogP contribution is -1.94. The maximum Gasteiger partial charge on any atom is 0.103 e. The van der Waals surface area contributed by atoms with Crippen LogP contribution in [0.4, 0.5) is 0 Å². The van der Waals surface area contributed by atoms with E-state index >= 15 is 0 Å². The van der Waals surface area contributed by atoms with Crippen molar-refractivity contribution in [2.75, 3.05) is 5.75 Å². The third-order valence-electron chi connectivity index (χ3n) is 0.748. The Labute approximate surface area is 57.9 Å². The zero-order valence-electron chi connectivity index (χ0n) is 5.39. The van der Waals surface area contributed by atoms with E-state index in [1.807, 2.05) is 18.7 Å². The van der Waals surface area contributed by atoms with Gasteiger partial charge in [0, 0.05) is 9.47 Å². The Hall–Kier alpha value is 0.740. The first-order valence-electron chi connectivity index (χ1n) is 2.78. The molecule has 0 heterocycles. The van der Waals surface area contributed by atoms with E-state index in [4.69, 9.17) is 4.52 Å². The molecule has 0 aliphatic rings. The molecule has 50 valence electrons. The summed E-state index contributed by atoms with van der Waals surface area (Å²) in [6, 6.07) is 0. The summed E-state index contributed by atoms with van der Waals surface area (Å²) in [4.78, 5) is 0. The van der Waals surface area contributed by atoms with Crippen LogP contribution in [0.1, 0.15) is 20.3 Å². The van der Waals surface area contributed by atoms with Crippen LogP contribution < -0.4 is 0 Å². The Morgan fingerprint density at radius 1 is 1.75 bits per heavy atom.